The Labute approximate surface area is 177 Å². The second-order valence-electron chi connectivity index (χ2n) is 6.00. The summed E-state index contributed by atoms with van der Waals surface area (Å²) in [5.74, 6) is 1.19. The van der Waals surface area contributed by atoms with Gasteiger partial charge in [0, 0.05) is 11.6 Å². The molecule has 0 unspecified atom stereocenters. The zero-order chi connectivity index (χ0) is 20.1. The van der Waals surface area contributed by atoms with E-state index in [1.807, 2.05) is 63.2 Å². The number of ether oxygens (including phenoxy) is 2. The molecular formula is C21H21BrN2O3S. The van der Waals surface area contributed by atoms with Gasteiger partial charge in [-0.25, -0.2) is 4.99 Å². The van der Waals surface area contributed by atoms with Crippen molar-refractivity contribution in [1.82, 2.24) is 5.32 Å². The first kappa shape index (κ1) is 20.5. The molecule has 146 valence electrons. The number of amides is 1. The van der Waals surface area contributed by atoms with E-state index in [1.54, 1.807) is 0 Å². The van der Waals surface area contributed by atoms with E-state index in [1.165, 1.54) is 11.8 Å². The number of hydrogen-bond donors (Lipinski definition) is 1. The van der Waals surface area contributed by atoms with Crippen molar-refractivity contribution in [1.29, 1.82) is 0 Å². The van der Waals surface area contributed by atoms with Crippen molar-refractivity contribution in [3.8, 4) is 11.5 Å². The van der Waals surface area contributed by atoms with E-state index in [0.717, 1.165) is 21.3 Å². The maximum absolute atomic E-state index is 12.4. The van der Waals surface area contributed by atoms with Crippen LogP contribution in [-0.2, 0) is 4.79 Å². The summed E-state index contributed by atoms with van der Waals surface area (Å²) >= 11 is 4.83. The molecule has 0 atom stereocenters. The third-order valence-electron chi connectivity index (χ3n) is 3.87. The lowest BCUT2D eigenvalue weighted by molar-refractivity contribution is -0.115. The lowest BCUT2D eigenvalue weighted by Gasteiger charge is -2.12. The molecule has 5 nitrogen and oxygen atoms in total. The van der Waals surface area contributed by atoms with Gasteiger partial charge in [0.2, 0.25) is 0 Å². The Balaban J connectivity index is 1.89. The number of aliphatic imine (C=N–C) groups is 1. The van der Waals surface area contributed by atoms with E-state index in [0.29, 0.717) is 34.8 Å². The molecule has 1 aliphatic rings. The van der Waals surface area contributed by atoms with Crippen LogP contribution in [0.2, 0.25) is 0 Å². The predicted octanol–water partition coefficient (Wildman–Crippen LogP) is 5.45. The van der Waals surface area contributed by atoms with E-state index in [2.05, 4.69) is 26.2 Å². The summed E-state index contributed by atoms with van der Waals surface area (Å²) in [6.45, 7) is 6.94. The van der Waals surface area contributed by atoms with Gasteiger partial charge in [-0.1, -0.05) is 17.7 Å². The van der Waals surface area contributed by atoms with Crippen LogP contribution in [0.15, 0.2) is 50.8 Å². The van der Waals surface area contributed by atoms with Gasteiger partial charge in [-0.15, -0.1) is 0 Å². The maximum atomic E-state index is 12.4. The van der Waals surface area contributed by atoms with Gasteiger partial charge < -0.3 is 14.8 Å². The Morgan fingerprint density at radius 3 is 2.46 bits per heavy atom. The Morgan fingerprint density at radius 2 is 1.79 bits per heavy atom. The Kier molecular flexibility index (Phi) is 6.80. The third kappa shape index (κ3) is 4.97. The number of carbonyl (C=O) groups is 1. The van der Waals surface area contributed by atoms with Crippen molar-refractivity contribution >= 4 is 50.5 Å². The Morgan fingerprint density at radius 1 is 1.11 bits per heavy atom. The summed E-state index contributed by atoms with van der Waals surface area (Å²) in [6.07, 6.45) is 1.81. The second-order valence-corrected chi connectivity index (χ2v) is 7.89. The lowest BCUT2D eigenvalue weighted by Crippen LogP contribution is -2.19. The normalized spacial score (nSPS) is 16.5. The van der Waals surface area contributed by atoms with Crippen LogP contribution in [0.1, 0.15) is 25.0 Å². The highest BCUT2D eigenvalue weighted by Crippen LogP contribution is 2.36. The molecule has 0 aliphatic carbocycles. The van der Waals surface area contributed by atoms with Gasteiger partial charge in [0.25, 0.3) is 5.91 Å². The molecule has 28 heavy (non-hydrogen) atoms. The van der Waals surface area contributed by atoms with Crippen molar-refractivity contribution in [3.63, 3.8) is 0 Å². The summed E-state index contributed by atoms with van der Waals surface area (Å²) in [6, 6.07) is 11.6. The number of nitrogens with one attached hydrogen (secondary N) is 1. The second kappa shape index (κ2) is 9.30. The quantitative estimate of drug-likeness (QED) is 0.582. The van der Waals surface area contributed by atoms with Gasteiger partial charge in [-0.2, -0.15) is 0 Å². The molecule has 3 rings (SSSR count). The molecule has 1 saturated heterocycles. The summed E-state index contributed by atoms with van der Waals surface area (Å²) < 4.78 is 12.2. The van der Waals surface area contributed by atoms with E-state index in [4.69, 9.17) is 9.47 Å². The molecule has 1 N–H and O–H groups in total. The highest BCUT2D eigenvalue weighted by molar-refractivity contribution is 9.10. The van der Waals surface area contributed by atoms with Crippen molar-refractivity contribution in [2.24, 2.45) is 4.99 Å². The molecule has 7 heteroatoms. The number of carbonyl (C=O) groups excluding carboxylic acids is 1. The first-order valence-electron chi connectivity index (χ1n) is 8.95. The van der Waals surface area contributed by atoms with Crippen molar-refractivity contribution in [2.75, 3.05) is 13.2 Å². The lowest BCUT2D eigenvalue weighted by atomic mass is 10.1. The minimum absolute atomic E-state index is 0.177. The Bertz CT molecular complexity index is 939. The SMILES string of the molecule is CCOc1cc(OCC)c(/C=C2/SC(=Nc3ccc(C)cc3)NC2=O)cc1Br. The number of hydrogen-bond acceptors (Lipinski definition) is 5. The molecule has 1 aliphatic heterocycles. The van der Waals surface area contributed by atoms with Gasteiger partial charge in [-0.3, -0.25) is 4.79 Å². The highest BCUT2D eigenvalue weighted by Gasteiger charge is 2.24. The van der Waals surface area contributed by atoms with Gasteiger partial charge in [0.1, 0.15) is 11.5 Å². The van der Waals surface area contributed by atoms with E-state index < -0.39 is 0 Å². The minimum atomic E-state index is -0.177. The molecule has 0 saturated carbocycles. The molecule has 2 aromatic rings. The predicted molar refractivity (Wildman–Crippen MR) is 118 cm³/mol. The molecule has 0 aromatic heterocycles. The van der Waals surface area contributed by atoms with Crippen molar-refractivity contribution in [2.45, 2.75) is 20.8 Å². The zero-order valence-electron chi connectivity index (χ0n) is 15.9. The molecular weight excluding hydrogens is 440 g/mol. The van der Waals surface area contributed by atoms with Crippen LogP contribution in [0, 0.1) is 6.92 Å². The Hall–Kier alpha value is -2.25. The highest BCUT2D eigenvalue weighted by atomic mass is 79.9. The average molecular weight is 461 g/mol. The topological polar surface area (TPSA) is 59.9 Å². The largest absolute Gasteiger partial charge is 0.493 e. The van der Waals surface area contributed by atoms with Gasteiger partial charge in [-0.05, 0) is 72.7 Å². The van der Waals surface area contributed by atoms with Crippen LogP contribution in [0.5, 0.6) is 11.5 Å². The van der Waals surface area contributed by atoms with Crippen molar-refractivity contribution in [3.05, 3.63) is 56.9 Å². The number of amidine groups is 1. The van der Waals surface area contributed by atoms with Crippen LogP contribution < -0.4 is 14.8 Å². The summed E-state index contributed by atoms with van der Waals surface area (Å²) in [7, 11) is 0. The molecule has 0 spiro atoms. The number of thioether (sulfide) groups is 1. The molecule has 0 radical (unpaired) electrons. The summed E-state index contributed by atoms with van der Waals surface area (Å²) in [5.41, 5.74) is 2.76. The standard InChI is InChI=1S/C21H21BrN2O3S/c1-4-26-17-12-18(27-5-2)16(22)10-14(17)11-19-20(25)24-21(28-19)23-15-8-6-13(3)7-9-15/h6-12H,4-5H2,1-3H3,(H,23,24,25)/b19-11+. The minimum Gasteiger partial charge on any atom is -0.493 e. The van der Waals surface area contributed by atoms with Gasteiger partial charge in [0.05, 0.1) is 28.3 Å². The van der Waals surface area contributed by atoms with Crippen LogP contribution in [0.25, 0.3) is 6.08 Å². The van der Waals surface area contributed by atoms with E-state index in [9.17, 15) is 4.79 Å². The number of nitrogens with zero attached hydrogens (tertiary/aromatic N) is 1. The molecule has 1 heterocycles. The van der Waals surface area contributed by atoms with Gasteiger partial charge >= 0.3 is 0 Å². The molecule has 2 aromatic carbocycles. The third-order valence-corrected chi connectivity index (χ3v) is 5.40. The summed E-state index contributed by atoms with van der Waals surface area (Å²) in [4.78, 5) is 17.5. The van der Waals surface area contributed by atoms with Crippen molar-refractivity contribution < 1.29 is 14.3 Å². The monoisotopic (exact) mass is 460 g/mol. The molecule has 1 fully saturated rings. The molecule has 1 amide bonds. The number of halogens is 1. The van der Waals surface area contributed by atoms with Crippen LogP contribution >= 0.6 is 27.7 Å². The van der Waals surface area contributed by atoms with E-state index in [-0.39, 0.29) is 5.91 Å². The zero-order valence-corrected chi connectivity index (χ0v) is 18.3. The fourth-order valence-corrected chi connectivity index (χ4v) is 3.88. The van der Waals surface area contributed by atoms with Crippen LogP contribution in [0.3, 0.4) is 0 Å². The fourth-order valence-electron chi connectivity index (χ4n) is 2.57. The average Bonchev–Trinajstić information content (AvgIpc) is 3.00. The number of benzene rings is 2. The van der Waals surface area contributed by atoms with Crippen LogP contribution in [-0.4, -0.2) is 24.3 Å². The maximum Gasteiger partial charge on any atom is 0.264 e. The van der Waals surface area contributed by atoms with Gasteiger partial charge in [0.15, 0.2) is 5.17 Å². The number of rotatable bonds is 6. The smallest absolute Gasteiger partial charge is 0.264 e. The fraction of sp³-hybridized carbons (Fsp3) is 0.238. The first-order valence-corrected chi connectivity index (χ1v) is 10.6. The summed E-state index contributed by atoms with van der Waals surface area (Å²) in [5, 5.41) is 3.37. The number of aryl methyl sites for hydroxylation is 1. The van der Waals surface area contributed by atoms with Crippen LogP contribution in [0.4, 0.5) is 5.69 Å². The van der Waals surface area contributed by atoms with E-state index >= 15 is 0 Å². The first-order chi connectivity index (χ1) is 13.5. The molecule has 0 bridgehead atoms.